The summed E-state index contributed by atoms with van der Waals surface area (Å²) in [7, 11) is 1.46. The van der Waals surface area contributed by atoms with Gasteiger partial charge >= 0.3 is 0 Å². The van der Waals surface area contributed by atoms with Crippen molar-refractivity contribution in [1.82, 2.24) is 0 Å². The summed E-state index contributed by atoms with van der Waals surface area (Å²) < 4.78 is 5.32. The van der Waals surface area contributed by atoms with E-state index in [1.807, 2.05) is 12.3 Å². The van der Waals surface area contributed by atoms with Crippen LogP contribution in [0, 0.1) is 6.92 Å². The lowest BCUT2D eigenvalue weighted by Crippen LogP contribution is -2.29. The Bertz CT molecular complexity index is 1170. The van der Waals surface area contributed by atoms with Gasteiger partial charge in [-0.05, 0) is 48.2 Å². The monoisotopic (exact) mass is 421 g/mol. The third-order valence-corrected chi connectivity index (χ3v) is 5.93. The molecule has 1 aliphatic heterocycles. The number of aliphatic hydroxyl groups excluding tert-OH is 1. The van der Waals surface area contributed by atoms with Crippen LogP contribution >= 0.6 is 11.3 Å². The lowest BCUT2D eigenvalue weighted by atomic mass is 9.99. The van der Waals surface area contributed by atoms with Gasteiger partial charge in [0.1, 0.15) is 23.3 Å². The molecule has 1 saturated heterocycles. The Morgan fingerprint density at radius 2 is 1.87 bits per heavy atom. The molecule has 1 unspecified atom stereocenters. The van der Waals surface area contributed by atoms with Crippen LogP contribution in [0.25, 0.3) is 5.76 Å². The standard InChI is InChI=1S/C23H19NO5S/c1-13-9-10-16(25)15(12-13)24-20(18-8-5-11-30-18)19(22(27)23(24)28)21(26)14-6-3-4-7-17(14)29-2/h3-12,20,25-26H,1-2H3/b21-19-. The van der Waals surface area contributed by atoms with Gasteiger partial charge < -0.3 is 14.9 Å². The van der Waals surface area contributed by atoms with Crippen molar-refractivity contribution in [2.75, 3.05) is 12.0 Å². The number of anilines is 1. The van der Waals surface area contributed by atoms with Crippen LogP contribution in [-0.4, -0.2) is 29.0 Å². The number of benzene rings is 2. The van der Waals surface area contributed by atoms with E-state index in [2.05, 4.69) is 0 Å². The lowest BCUT2D eigenvalue weighted by molar-refractivity contribution is -0.132. The highest BCUT2D eigenvalue weighted by molar-refractivity contribution is 7.10. The third-order valence-electron chi connectivity index (χ3n) is 5.01. The molecule has 0 bridgehead atoms. The van der Waals surface area contributed by atoms with Crippen molar-refractivity contribution in [2.45, 2.75) is 13.0 Å². The number of phenolic OH excluding ortho intramolecular Hbond substituents is 1. The zero-order chi connectivity index (χ0) is 21.4. The average Bonchev–Trinajstić information content (AvgIpc) is 3.36. The van der Waals surface area contributed by atoms with Crippen LogP contribution < -0.4 is 9.64 Å². The zero-order valence-electron chi connectivity index (χ0n) is 16.3. The maximum absolute atomic E-state index is 13.1. The Hall–Kier alpha value is -3.58. The van der Waals surface area contributed by atoms with Crippen LogP contribution in [-0.2, 0) is 9.59 Å². The van der Waals surface area contributed by atoms with Gasteiger partial charge in [0.2, 0.25) is 0 Å². The third kappa shape index (κ3) is 3.13. The normalized spacial score (nSPS) is 18.1. The maximum Gasteiger partial charge on any atom is 0.300 e. The molecule has 0 radical (unpaired) electrons. The Kier molecular flexibility index (Phi) is 5.05. The molecule has 0 saturated carbocycles. The van der Waals surface area contributed by atoms with Gasteiger partial charge in [0.15, 0.2) is 0 Å². The van der Waals surface area contributed by atoms with Gasteiger partial charge in [-0.2, -0.15) is 0 Å². The molecular formula is C23H19NO5S. The van der Waals surface area contributed by atoms with Crippen molar-refractivity contribution in [3.8, 4) is 11.5 Å². The van der Waals surface area contributed by atoms with Gasteiger partial charge in [-0.3, -0.25) is 14.5 Å². The van der Waals surface area contributed by atoms with Crippen LogP contribution in [0.2, 0.25) is 0 Å². The Morgan fingerprint density at radius 1 is 1.10 bits per heavy atom. The number of carbonyl (C=O) groups excluding carboxylic acids is 2. The minimum atomic E-state index is -0.873. The maximum atomic E-state index is 13.1. The number of carbonyl (C=O) groups is 2. The molecular weight excluding hydrogens is 402 g/mol. The summed E-state index contributed by atoms with van der Waals surface area (Å²) in [5.74, 6) is -1.70. The fourth-order valence-electron chi connectivity index (χ4n) is 3.61. The molecule has 6 nitrogen and oxygen atoms in total. The number of phenols is 1. The zero-order valence-corrected chi connectivity index (χ0v) is 17.1. The Labute approximate surface area is 177 Å². The van der Waals surface area contributed by atoms with Crippen molar-refractivity contribution in [1.29, 1.82) is 0 Å². The van der Waals surface area contributed by atoms with Crippen LogP contribution in [0.4, 0.5) is 5.69 Å². The Morgan fingerprint density at radius 3 is 2.57 bits per heavy atom. The van der Waals surface area contributed by atoms with Gasteiger partial charge in [-0.15, -0.1) is 11.3 Å². The van der Waals surface area contributed by atoms with Crippen molar-refractivity contribution in [3.05, 3.63) is 81.6 Å². The number of hydrogen-bond donors (Lipinski definition) is 2. The number of Topliss-reactive ketones (excluding diaryl/α,β-unsaturated/α-hetero) is 1. The van der Waals surface area contributed by atoms with Gasteiger partial charge in [-0.1, -0.05) is 24.3 Å². The van der Waals surface area contributed by atoms with Crippen molar-refractivity contribution < 1.29 is 24.5 Å². The molecule has 1 atom stereocenters. The highest BCUT2D eigenvalue weighted by atomic mass is 32.1. The molecule has 4 rings (SSSR count). The summed E-state index contributed by atoms with van der Waals surface area (Å²) in [6.45, 7) is 1.83. The van der Waals surface area contributed by atoms with E-state index in [0.29, 0.717) is 16.2 Å². The molecule has 30 heavy (non-hydrogen) atoms. The average molecular weight is 421 g/mol. The SMILES string of the molecule is COc1ccccc1/C(O)=C1/C(=O)C(=O)N(c2cc(C)ccc2O)C1c1cccs1. The molecule has 1 amide bonds. The first-order chi connectivity index (χ1) is 14.4. The molecule has 2 heterocycles. The van der Waals surface area contributed by atoms with Crippen LogP contribution in [0.5, 0.6) is 11.5 Å². The largest absolute Gasteiger partial charge is 0.507 e. The number of ketones is 1. The van der Waals surface area contributed by atoms with E-state index in [4.69, 9.17) is 4.74 Å². The molecule has 3 aromatic rings. The summed E-state index contributed by atoms with van der Waals surface area (Å²) >= 11 is 1.35. The van der Waals surface area contributed by atoms with Gasteiger partial charge in [0, 0.05) is 4.88 Å². The lowest BCUT2D eigenvalue weighted by Gasteiger charge is -2.25. The Balaban J connectivity index is 1.98. The number of aryl methyl sites for hydroxylation is 1. The van der Waals surface area contributed by atoms with E-state index < -0.39 is 17.7 Å². The second-order valence-electron chi connectivity index (χ2n) is 6.88. The van der Waals surface area contributed by atoms with Crippen LogP contribution in [0.15, 0.2) is 65.6 Å². The van der Waals surface area contributed by atoms with Crippen molar-refractivity contribution >= 4 is 34.5 Å². The number of para-hydroxylation sites is 1. The smallest absolute Gasteiger partial charge is 0.300 e. The van der Waals surface area contributed by atoms with Gasteiger partial charge in [-0.25, -0.2) is 0 Å². The predicted octanol–water partition coefficient (Wildman–Crippen LogP) is 4.40. The molecule has 1 aliphatic rings. The quantitative estimate of drug-likeness (QED) is 0.370. The number of amides is 1. The molecule has 2 N–H and O–H groups in total. The number of thiophene rings is 1. The predicted molar refractivity (Wildman–Crippen MR) is 115 cm³/mol. The summed E-state index contributed by atoms with van der Waals surface area (Å²) in [5.41, 5.74) is 1.30. The molecule has 0 spiro atoms. The fourth-order valence-corrected chi connectivity index (χ4v) is 4.43. The van der Waals surface area contributed by atoms with E-state index in [0.717, 1.165) is 5.56 Å². The topological polar surface area (TPSA) is 87.1 Å². The first kappa shape index (κ1) is 19.7. The first-order valence-electron chi connectivity index (χ1n) is 9.21. The van der Waals surface area contributed by atoms with Gasteiger partial charge in [0.05, 0.1) is 23.9 Å². The van der Waals surface area contributed by atoms with E-state index in [1.54, 1.807) is 48.5 Å². The summed E-state index contributed by atoms with van der Waals surface area (Å²) in [6.07, 6.45) is 0. The van der Waals surface area contributed by atoms with E-state index in [-0.39, 0.29) is 22.8 Å². The molecule has 152 valence electrons. The molecule has 1 aromatic heterocycles. The molecule has 1 fully saturated rings. The van der Waals surface area contributed by atoms with Crippen LogP contribution in [0.3, 0.4) is 0 Å². The summed E-state index contributed by atoms with van der Waals surface area (Å²) in [5, 5.41) is 23.4. The number of ether oxygens (including phenoxy) is 1. The van der Waals surface area contributed by atoms with E-state index in [9.17, 15) is 19.8 Å². The fraction of sp³-hybridized carbons (Fsp3) is 0.130. The molecule has 7 heteroatoms. The molecule has 0 aliphatic carbocycles. The number of hydrogen-bond acceptors (Lipinski definition) is 6. The van der Waals surface area contributed by atoms with E-state index in [1.165, 1.54) is 29.4 Å². The highest BCUT2D eigenvalue weighted by Gasteiger charge is 2.48. The first-order valence-corrected chi connectivity index (χ1v) is 10.1. The summed E-state index contributed by atoms with van der Waals surface area (Å²) in [4.78, 5) is 28.1. The van der Waals surface area contributed by atoms with Gasteiger partial charge in [0.25, 0.3) is 11.7 Å². The van der Waals surface area contributed by atoms with Crippen molar-refractivity contribution in [2.24, 2.45) is 0 Å². The number of methoxy groups -OCH3 is 1. The second-order valence-corrected chi connectivity index (χ2v) is 7.86. The number of rotatable bonds is 4. The number of nitrogens with zero attached hydrogens (tertiary/aromatic N) is 1. The second kappa shape index (κ2) is 7.68. The van der Waals surface area contributed by atoms with Crippen molar-refractivity contribution in [3.63, 3.8) is 0 Å². The van der Waals surface area contributed by atoms with Crippen LogP contribution in [0.1, 0.15) is 22.0 Å². The number of aliphatic hydroxyl groups is 1. The highest BCUT2D eigenvalue weighted by Crippen LogP contribution is 2.46. The number of aromatic hydroxyl groups is 1. The minimum absolute atomic E-state index is 0.0483. The summed E-state index contributed by atoms with van der Waals surface area (Å²) in [6, 6.07) is 14.3. The van der Waals surface area contributed by atoms with E-state index >= 15 is 0 Å². The minimum Gasteiger partial charge on any atom is -0.507 e. The molecule has 2 aromatic carbocycles.